The van der Waals surface area contributed by atoms with Crippen LogP contribution in [0.5, 0.6) is 0 Å². The molecule has 0 N–H and O–H groups in total. The number of rotatable bonds is 8. The van der Waals surface area contributed by atoms with Crippen LogP contribution in [0.15, 0.2) is 77.8 Å². The minimum atomic E-state index is -3.99. The standard InChI is InChI=1S/C27H33N3O3S/c1-6-29(19-22-10-8-7-9-11-22)26(31)20-30(24-15-12-21(2)28-18-24)34(32,33)25-16-13-23(14-17-25)27(3,4)5/h7-18H,6,19-20H2,1-5H3. The Morgan fingerprint density at radius 3 is 2.12 bits per heavy atom. The van der Waals surface area contributed by atoms with Crippen molar-refractivity contribution in [1.82, 2.24) is 9.88 Å². The van der Waals surface area contributed by atoms with Gasteiger partial charge in [0.25, 0.3) is 10.0 Å². The van der Waals surface area contributed by atoms with Crippen molar-refractivity contribution < 1.29 is 13.2 Å². The van der Waals surface area contributed by atoms with E-state index in [-0.39, 0.29) is 22.8 Å². The van der Waals surface area contributed by atoms with Gasteiger partial charge < -0.3 is 4.90 Å². The van der Waals surface area contributed by atoms with Crippen molar-refractivity contribution in [3.05, 3.63) is 89.7 Å². The van der Waals surface area contributed by atoms with Crippen molar-refractivity contribution in [2.75, 3.05) is 17.4 Å². The van der Waals surface area contributed by atoms with E-state index in [4.69, 9.17) is 0 Å². The summed E-state index contributed by atoms with van der Waals surface area (Å²) >= 11 is 0. The van der Waals surface area contributed by atoms with E-state index >= 15 is 0 Å². The molecule has 0 unspecified atom stereocenters. The third kappa shape index (κ3) is 6.03. The van der Waals surface area contributed by atoms with Gasteiger partial charge in [-0.1, -0.05) is 63.2 Å². The van der Waals surface area contributed by atoms with Gasteiger partial charge in [0.05, 0.1) is 16.8 Å². The quantitative estimate of drug-likeness (QED) is 0.459. The van der Waals surface area contributed by atoms with Crippen molar-refractivity contribution in [3.8, 4) is 0 Å². The van der Waals surface area contributed by atoms with Crippen LogP contribution in [-0.4, -0.2) is 37.3 Å². The van der Waals surface area contributed by atoms with Crippen molar-refractivity contribution in [2.24, 2.45) is 0 Å². The summed E-state index contributed by atoms with van der Waals surface area (Å²) in [5.74, 6) is -0.276. The van der Waals surface area contributed by atoms with Crippen LogP contribution < -0.4 is 4.31 Å². The number of hydrogen-bond acceptors (Lipinski definition) is 4. The zero-order valence-electron chi connectivity index (χ0n) is 20.5. The highest BCUT2D eigenvalue weighted by Gasteiger charge is 2.29. The van der Waals surface area contributed by atoms with E-state index in [1.165, 1.54) is 6.20 Å². The zero-order chi connectivity index (χ0) is 24.9. The van der Waals surface area contributed by atoms with Gasteiger partial charge in [-0.3, -0.25) is 14.1 Å². The van der Waals surface area contributed by atoms with Gasteiger partial charge in [-0.25, -0.2) is 8.42 Å². The second kappa shape index (κ2) is 10.4. The Morgan fingerprint density at radius 1 is 0.941 bits per heavy atom. The first kappa shape index (κ1) is 25.4. The van der Waals surface area contributed by atoms with Crippen molar-refractivity contribution in [1.29, 1.82) is 0 Å². The van der Waals surface area contributed by atoms with Gasteiger partial charge in [-0.15, -0.1) is 0 Å². The highest BCUT2D eigenvalue weighted by atomic mass is 32.2. The molecule has 0 atom stereocenters. The molecule has 0 saturated heterocycles. The van der Waals surface area contributed by atoms with Gasteiger partial charge in [0.1, 0.15) is 6.54 Å². The summed E-state index contributed by atoms with van der Waals surface area (Å²) < 4.78 is 28.6. The summed E-state index contributed by atoms with van der Waals surface area (Å²) in [6.07, 6.45) is 1.50. The predicted molar refractivity (Wildman–Crippen MR) is 136 cm³/mol. The highest BCUT2D eigenvalue weighted by molar-refractivity contribution is 7.92. The molecule has 2 aromatic carbocycles. The minimum Gasteiger partial charge on any atom is -0.337 e. The maximum absolute atomic E-state index is 13.7. The number of carbonyl (C=O) groups is 1. The van der Waals surface area contributed by atoms with E-state index in [0.717, 1.165) is 21.1 Å². The Balaban J connectivity index is 1.95. The van der Waals surface area contributed by atoms with Crippen LogP contribution in [0, 0.1) is 6.92 Å². The molecule has 0 aliphatic carbocycles. The molecule has 180 valence electrons. The molecule has 1 aromatic heterocycles. The van der Waals surface area contributed by atoms with Gasteiger partial charge in [0.15, 0.2) is 0 Å². The number of anilines is 1. The molecule has 3 aromatic rings. The van der Waals surface area contributed by atoms with Crippen LogP contribution in [0.2, 0.25) is 0 Å². The first-order chi connectivity index (χ1) is 16.0. The summed E-state index contributed by atoms with van der Waals surface area (Å²) in [6.45, 7) is 10.5. The van der Waals surface area contributed by atoms with Crippen LogP contribution in [0.4, 0.5) is 5.69 Å². The number of benzene rings is 2. The molecule has 0 radical (unpaired) electrons. The highest BCUT2D eigenvalue weighted by Crippen LogP contribution is 2.27. The lowest BCUT2D eigenvalue weighted by atomic mass is 9.87. The normalized spacial score (nSPS) is 11.8. The molecule has 0 aliphatic heterocycles. The van der Waals surface area contributed by atoms with Gasteiger partial charge in [0.2, 0.25) is 5.91 Å². The first-order valence-corrected chi connectivity index (χ1v) is 12.8. The third-order valence-electron chi connectivity index (χ3n) is 5.72. The number of aromatic nitrogens is 1. The topological polar surface area (TPSA) is 70.6 Å². The van der Waals surface area contributed by atoms with E-state index in [1.807, 2.05) is 56.3 Å². The Kier molecular flexibility index (Phi) is 7.77. The largest absolute Gasteiger partial charge is 0.337 e. The number of amides is 1. The lowest BCUT2D eigenvalue weighted by Crippen LogP contribution is -2.42. The monoisotopic (exact) mass is 479 g/mol. The average Bonchev–Trinajstić information content (AvgIpc) is 2.81. The van der Waals surface area contributed by atoms with Gasteiger partial charge in [0, 0.05) is 18.8 Å². The summed E-state index contributed by atoms with van der Waals surface area (Å²) in [6, 6.07) is 20.0. The SMILES string of the molecule is CCN(Cc1ccccc1)C(=O)CN(c1ccc(C)nc1)S(=O)(=O)c1ccc(C(C)(C)C)cc1. The van der Waals surface area contributed by atoms with E-state index < -0.39 is 10.0 Å². The number of carbonyl (C=O) groups excluding carboxylic acids is 1. The Morgan fingerprint density at radius 2 is 1.59 bits per heavy atom. The molecule has 0 spiro atoms. The number of nitrogens with zero attached hydrogens (tertiary/aromatic N) is 3. The second-order valence-electron chi connectivity index (χ2n) is 9.34. The molecule has 1 amide bonds. The molecular weight excluding hydrogens is 446 g/mol. The summed E-state index contributed by atoms with van der Waals surface area (Å²) in [5.41, 5.74) is 3.04. The van der Waals surface area contributed by atoms with Crippen LogP contribution in [0.1, 0.15) is 44.5 Å². The maximum Gasteiger partial charge on any atom is 0.264 e. The molecule has 0 saturated carbocycles. The van der Waals surface area contributed by atoms with Crippen molar-refractivity contribution in [3.63, 3.8) is 0 Å². The zero-order valence-corrected chi connectivity index (χ0v) is 21.3. The van der Waals surface area contributed by atoms with E-state index in [0.29, 0.717) is 18.8 Å². The molecule has 7 heteroatoms. The Hall–Kier alpha value is -3.19. The van der Waals surface area contributed by atoms with Crippen molar-refractivity contribution in [2.45, 2.75) is 51.5 Å². The molecule has 3 rings (SSSR count). The number of sulfonamides is 1. The summed E-state index contributed by atoms with van der Waals surface area (Å²) in [4.78, 5) is 19.3. The second-order valence-corrected chi connectivity index (χ2v) is 11.2. The fraction of sp³-hybridized carbons (Fsp3) is 0.333. The lowest BCUT2D eigenvalue weighted by molar-refractivity contribution is -0.129. The van der Waals surface area contributed by atoms with Crippen LogP contribution in [-0.2, 0) is 26.8 Å². The van der Waals surface area contributed by atoms with Crippen molar-refractivity contribution >= 4 is 21.6 Å². The molecule has 6 nitrogen and oxygen atoms in total. The molecule has 0 fully saturated rings. The smallest absolute Gasteiger partial charge is 0.264 e. The molecule has 34 heavy (non-hydrogen) atoms. The molecule has 0 bridgehead atoms. The van der Waals surface area contributed by atoms with Gasteiger partial charge in [-0.2, -0.15) is 0 Å². The lowest BCUT2D eigenvalue weighted by Gasteiger charge is -2.28. The molecular formula is C27H33N3O3S. The van der Waals surface area contributed by atoms with Crippen LogP contribution in [0.25, 0.3) is 0 Å². The fourth-order valence-electron chi connectivity index (χ4n) is 3.58. The van der Waals surface area contributed by atoms with Gasteiger partial charge in [-0.05, 0) is 54.7 Å². The van der Waals surface area contributed by atoms with E-state index in [2.05, 4.69) is 25.8 Å². The number of hydrogen-bond donors (Lipinski definition) is 0. The minimum absolute atomic E-state index is 0.0993. The van der Waals surface area contributed by atoms with Gasteiger partial charge >= 0.3 is 0 Å². The Labute approximate surface area is 203 Å². The molecule has 1 heterocycles. The average molecular weight is 480 g/mol. The molecule has 0 aliphatic rings. The van der Waals surface area contributed by atoms with Crippen LogP contribution in [0.3, 0.4) is 0 Å². The fourth-order valence-corrected chi connectivity index (χ4v) is 4.98. The summed E-state index contributed by atoms with van der Waals surface area (Å²) in [7, 11) is -3.99. The number of aryl methyl sites for hydroxylation is 1. The Bertz CT molecular complexity index is 1200. The first-order valence-electron chi connectivity index (χ1n) is 11.4. The number of pyridine rings is 1. The van der Waals surface area contributed by atoms with E-state index in [1.54, 1.807) is 29.2 Å². The maximum atomic E-state index is 13.7. The van der Waals surface area contributed by atoms with Crippen LogP contribution >= 0.6 is 0 Å². The summed E-state index contributed by atoms with van der Waals surface area (Å²) in [5, 5.41) is 0. The third-order valence-corrected chi connectivity index (χ3v) is 7.51. The van der Waals surface area contributed by atoms with E-state index in [9.17, 15) is 13.2 Å². The predicted octanol–water partition coefficient (Wildman–Crippen LogP) is 4.93. The number of likely N-dealkylation sites (N-methyl/N-ethyl adjacent to an activating group) is 1.